The fourth-order valence-corrected chi connectivity index (χ4v) is 4.98. The molecule has 3 heterocycles. The standard InChI is InChI=1S/C27H23N5O3/c1-16(24-29-20-11-5-6-12-21(20)30-24)28-23(33)14-15-31-25-17-8-2-3-9-18(17)27(35)32(25)22-13-7-4-10-19(22)26(31)34/h2-13,16,25H,14-15H2,1H3,(H,28,33)(H,29,30)/t16-,25?/m0/s1. The van der Waals surface area contributed by atoms with Crippen LogP contribution >= 0.6 is 0 Å². The zero-order valence-corrected chi connectivity index (χ0v) is 19.1. The Balaban J connectivity index is 1.23. The molecule has 35 heavy (non-hydrogen) atoms. The molecule has 4 aromatic rings. The molecule has 1 aromatic heterocycles. The highest BCUT2D eigenvalue weighted by Gasteiger charge is 2.47. The number of para-hydroxylation sites is 3. The lowest BCUT2D eigenvalue weighted by Gasteiger charge is -2.40. The van der Waals surface area contributed by atoms with Gasteiger partial charge in [0.1, 0.15) is 12.0 Å². The van der Waals surface area contributed by atoms with Crippen LogP contribution in [0.1, 0.15) is 57.7 Å². The summed E-state index contributed by atoms with van der Waals surface area (Å²) < 4.78 is 0. The van der Waals surface area contributed by atoms with Crippen LogP contribution in [0.25, 0.3) is 11.0 Å². The van der Waals surface area contributed by atoms with Gasteiger partial charge >= 0.3 is 0 Å². The van der Waals surface area contributed by atoms with Gasteiger partial charge in [0.05, 0.1) is 28.3 Å². The number of carbonyl (C=O) groups excluding carboxylic acids is 3. The molecule has 2 atom stereocenters. The summed E-state index contributed by atoms with van der Waals surface area (Å²) in [6, 6.07) is 21.8. The smallest absolute Gasteiger partial charge is 0.260 e. The van der Waals surface area contributed by atoms with E-state index in [1.807, 2.05) is 55.5 Å². The summed E-state index contributed by atoms with van der Waals surface area (Å²) in [5, 5.41) is 2.97. The molecule has 2 aliphatic rings. The van der Waals surface area contributed by atoms with Gasteiger partial charge in [0, 0.05) is 24.1 Å². The lowest BCUT2D eigenvalue weighted by Crippen LogP contribution is -2.49. The van der Waals surface area contributed by atoms with E-state index >= 15 is 0 Å². The van der Waals surface area contributed by atoms with E-state index in [1.165, 1.54) is 0 Å². The molecule has 2 N–H and O–H groups in total. The van der Waals surface area contributed by atoms with Gasteiger partial charge in [-0.1, -0.05) is 42.5 Å². The molecule has 0 bridgehead atoms. The Morgan fingerprint density at radius 3 is 2.51 bits per heavy atom. The number of nitrogens with one attached hydrogen (secondary N) is 2. The number of amides is 3. The Morgan fingerprint density at radius 1 is 0.971 bits per heavy atom. The van der Waals surface area contributed by atoms with Crippen molar-refractivity contribution in [3.05, 3.63) is 95.3 Å². The average molecular weight is 466 g/mol. The van der Waals surface area contributed by atoms with Gasteiger partial charge in [0.2, 0.25) is 5.91 Å². The van der Waals surface area contributed by atoms with E-state index in [1.54, 1.807) is 34.1 Å². The van der Waals surface area contributed by atoms with Gasteiger partial charge in [0.25, 0.3) is 11.8 Å². The van der Waals surface area contributed by atoms with E-state index in [9.17, 15) is 14.4 Å². The fraction of sp³-hybridized carbons (Fsp3) is 0.185. The van der Waals surface area contributed by atoms with E-state index in [0.29, 0.717) is 22.6 Å². The molecular formula is C27H23N5O3. The lowest BCUT2D eigenvalue weighted by atomic mass is 10.0. The van der Waals surface area contributed by atoms with Crippen molar-refractivity contribution in [2.45, 2.75) is 25.6 Å². The first-order valence-electron chi connectivity index (χ1n) is 11.6. The monoisotopic (exact) mass is 465 g/mol. The molecule has 2 aliphatic heterocycles. The SMILES string of the molecule is C[C@H](NC(=O)CCN1C(=O)c2ccccc2N2C(=O)c3ccccc3C12)c1nc2ccccc2[nH]1. The maximum atomic E-state index is 13.5. The zero-order chi connectivity index (χ0) is 24.1. The largest absolute Gasteiger partial charge is 0.346 e. The van der Waals surface area contributed by atoms with E-state index in [-0.39, 0.29) is 36.7 Å². The van der Waals surface area contributed by atoms with Crippen LogP contribution in [0, 0.1) is 0 Å². The predicted octanol–water partition coefficient (Wildman–Crippen LogP) is 3.95. The number of H-pyrrole nitrogens is 1. The summed E-state index contributed by atoms with van der Waals surface area (Å²) in [6.07, 6.45) is -0.471. The first-order valence-corrected chi connectivity index (χ1v) is 11.6. The highest BCUT2D eigenvalue weighted by atomic mass is 16.2. The van der Waals surface area contributed by atoms with Crippen molar-refractivity contribution in [1.82, 2.24) is 20.2 Å². The van der Waals surface area contributed by atoms with Crippen LogP contribution in [0.3, 0.4) is 0 Å². The number of carbonyl (C=O) groups is 3. The molecular weight excluding hydrogens is 442 g/mol. The second-order valence-corrected chi connectivity index (χ2v) is 8.83. The molecule has 1 unspecified atom stereocenters. The molecule has 0 saturated carbocycles. The normalized spacial score (nSPS) is 17.2. The Kier molecular flexibility index (Phi) is 4.88. The van der Waals surface area contributed by atoms with Gasteiger partial charge in [-0.3, -0.25) is 19.3 Å². The Morgan fingerprint density at radius 2 is 1.69 bits per heavy atom. The number of rotatable bonds is 5. The van der Waals surface area contributed by atoms with Gasteiger partial charge in [0.15, 0.2) is 0 Å². The number of nitrogens with zero attached hydrogens (tertiary/aromatic N) is 3. The lowest BCUT2D eigenvalue weighted by molar-refractivity contribution is -0.122. The van der Waals surface area contributed by atoms with Crippen LogP contribution in [0.15, 0.2) is 72.8 Å². The molecule has 0 radical (unpaired) electrons. The van der Waals surface area contributed by atoms with Crippen LogP contribution in [0.4, 0.5) is 5.69 Å². The third-order valence-corrected chi connectivity index (χ3v) is 6.66. The Labute approximate surface area is 201 Å². The van der Waals surface area contributed by atoms with Crippen LogP contribution < -0.4 is 10.2 Å². The Bertz CT molecular complexity index is 1460. The summed E-state index contributed by atoms with van der Waals surface area (Å²) in [4.78, 5) is 50.7. The number of aromatic amines is 1. The first kappa shape index (κ1) is 21.1. The van der Waals surface area contributed by atoms with Crippen LogP contribution in [-0.2, 0) is 4.79 Å². The third kappa shape index (κ3) is 3.37. The highest BCUT2D eigenvalue weighted by molar-refractivity contribution is 6.16. The second-order valence-electron chi connectivity index (χ2n) is 8.83. The minimum absolute atomic E-state index is 0.0964. The van der Waals surface area contributed by atoms with Crippen LogP contribution in [0.5, 0.6) is 0 Å². The first-order chi connectivity index (χ1) is 17.0. The van der Waals surface area contributed by atoms with Crippen molar-refractivity contribution in [3.63, 3.8) is 0 Å². The quantitative estimate of drug-likeness (QED) is 0.466. The van der Waals surface area contributed by atoms with Crippen molar-refractivity contribution < 1.29 is 14.4 Å². The minimum Gasteiger partial charge on any atom is -0.346 e. The van der Waals surface area contributed by atoms with Gasteiger partial charge < -0.3 is 15.2 Å². The van der Waals surface area contributed by atoms with Gasteiger partial charge in [-0.25, -0.2) is 4.98 Å². The molecule has 3 aromatic carbocycles. The maximum absolute atomic E-state index is 13.5. The number of anilines is 1. The summed E-state index contributed by atoms with van der Waals surface area (Å²) in [5.74, 6) is 0.140. The number of aromatic nitrogens is 2. The summed E-state index contributed by atoms with van der Waals surface area (Å²) >= 11 is 0. The highest BCUT2D eigenvalue weighted by Crippen LogP contribution is 2.45. The number of benzene rings is 3. The van der Waals surface area contributed by atoms with Gasteiger partial charge in [-0.05, 0) is 37.3 Å². The average Bonchev–Trinajstić information content (AvgIpc) is 3.44. The second kappa shape index (κ2) is 8.09. The van der Waals surface area contributed by atoms with Crippen molar-refractivity contribution >= 4 is 34.4 Å². The molecule has 3 amide bonds. The Hall–Kier alpha value is -4.46. The van der Waals surface area contributed by atoms with E-state index in [4.69, 9.17) is 0 Å². The molecule has 0 fully saturated rings. The zero-order valence-electron chi connectivity index (χ0n) is 19.1. The molecule has 174 valence electrons. The minimum atomic E-state index is -0.568. The van der Waals surface area contributed by atoms with Gasteiger partial charge in [-0.2, -0.15) is 0 Å². The molecule has 0 saturated heterocycles. The number of fused-ring (bicyclic) bond motifs is 6. The van der Waals surface area contributed by atoms with E-state index in [2.05, 4.69) is 15.3 Å². The topological polar surface area (TPSA) is 98.4 Å². The number of hydrogen-bond acceptors (Lipinski definition) is 4. The summed E-state index contributed by atoms with van der Waals surface area (Å²) in [6.45, 7) is 2.04. The fourth-order valence-electron chi connectivity index (χ4n) is 4.98. The molecule has 0 aliphatic carbocycles. The van der Waals surface area contributed by atoms with Crippen molar-refractivity contribution in [2.24, 2.45) is 0 Å². The van der Waals surface area contributed by atoms with E-state index in [0.717, 1.165) is 16.6 Å². The summed E-state index contributed by atoms with van der Waals surface area (Å²) in [7, 11) is 0. The molecule has 8 heteroatoms. The third-order valence-electron chi connectivity index (χ3n) is 6.66. The van der Waals surface area contributed by atoms with Crippen molar-refractivity contribution in [1.29, 1.82) is 0 Å². The predicted molar refractivity (Wildman–Crippen MR) is 131 cm³/mol. The summed E-state index contributed by atoms with van der Waals surface area (Å²) in [5.41, 5.74) is 4.16. The van der Waals surface area contributed by atoms with Crippen molar-refractivity contribution in [3.8, 4) is 0 Å². The molecule has 6 rings (SSSR count). The maximum Gasteiger partial charge on any atom is 0.260 e. The van der Waals surface area contributed by atoms with Crippen LogP contribution in [-0.4, -0.2) is 39.1 Å². The number of imidazole rings is 1. The van der Waals surface area contributed by atoms with Crippen molar-refractivity contribution in [2.75, 3.05) is 11.4 Å². The van der Waals surface area contributed by atoms with Crippen LogP contribution in [0.2, 0.25) is 0 Å². The van der Waals surface area contributed by atoms with Gasteiger partial charge in [-0.15, -0.1) is 0 Å². The molecule has 8 nitrogen and oxygen atoms in total. The molecule has 0 spiro atoms. The number of hydrogen-bond donors (Lipinski definition) is 2. The van der Waals surface area contributed by atoms with E-state index < -0.39 is 6.17 Å².